The number of hydrazine groups is 1. The van der Waals surface area contributed by atoms with Crippen LogP contribution >= 0.6 is 0 Å². The quantitative estimate of drug-likeness (QED) is 0.605. The van der Waals surface area contributed by atoms with Gasteiger partial charge in [0.25, 0.3) is 0 Å². The topological polar surface area (TPSA) is 76.7 Å². The van der Waals surface area contributed by atoms with Gasteiger partial charge >= 0.3 is 6.18 Å². The molecule has 2 saturated heterocycles. The highest BCUT2D eigenvalue weighted by molar-refractivity contribution is 5.88. The summed E-state index contributed by atoms with van der Waals surface area (Å²) in [6.07, 6.45) is -3.69. The molecule has 3 rings (SSSR count). The molecular formula is C20H28F3N5O2. The SMILES string of the molecule is CN(CCC1CNNC1)C(=O)CC1C(=O)NCCN1Cc1ccccc1C(F)(F)F. The number of piperazine rings is 1. The van der Waals surface area contributed by atoms with Gasteiger partial charge in [-0.1, -0.05) is 18.2 Å². The number of amides is 2. The molecule has 0 spiro atoms. The minimum absolute atomic E-state index is 0.0375. The molecule has 7 nitrogen and oxygen atoms in total. The number of nitrogens with zero attached hydrogens (tertiary/aromatic N) is 2. The summed E-state index contributed by atoms with van der Waals surface area (Å²) in [6, 6.07) is 4.57. The zero-order valence-electron chi connectivity index (χ0n) is 17.0. The van der Waals surface area contributed by atoms with Crippen molar-refractivity contribution in [3.63, 3.8) is 0 Å². The number of nitrogens with one attached hydrogen (secondary N) is 3. The number of alkyl halides is 3. The van der Waals surface area contributed by atoms with Crippen LogP contribution in [-0.4, -0.2) is 67.4 Å². The Morgan fingerprint density at radius 2 is 1.93 bits per heavy atom. The Bertz CT molecular complexity index is 752. The predicted octanol–water partition coefficient (Wildman–Crippen LogP) is 0.968. The van der Waals surface area contributed by atoms with E-state index in [2.05, 4.69) is 16.2 Å². The van der Waals surface area contributed by atoms with Crippen molar-refractivity contribution in [1.82, 2.24) is 26.0 Å². The third-order valence-corrected chi connectivity index (χ3v) is 5.71. The maximum Gasteiger partial charge on any atom is 0.416 e. The smallest absolute Gasteiger partial charge is 0.353 e. The summed E-state index contributed by atoms with van der Waals surface area (Å²) in [4.78, 5) is 28.4. The Labute approximate surface area is 173 Å². The highest BCUT2D eigenvalue weighted by Crippen LogP contribution is 2.32. The van der Waals surface area contributed by atoms with Gasteiger partial charge in [-0.2, -0.15) is 13.2 Å². The van der Waals surface area contributed by atoms with E-state index < -0.39 is 17.8 Å². The first kappa shape index (κ1) is 22.5. The van der Waals surface area contributed by atoms with E-state index in [9.17, 15) is 22.8 Å². The molecule has 0 bridgehead atoms. The second-order valence-electron chi connectivity index (χ2n) is 7.87. The number of rotatable bonds is 7. The van der Waals surface area contributed by atoms with Gasteiger partial charge in [-0.15, -0.1) is 0 Å². The fraction of sp³-hybridized carbons (Fsp3) is 0.600. The molecule has 30 heavy (non-hydrogen) atoms. The molecule has 1 aromatic rings. The third-order valence-electron chi connectivity index (χ3n) is 5.71. The molecule has 2 fully saturated rings. The summed E-state index contributed by atoms with van der Waals surface area (Å²) in [6.45, 7) is 2.95. The second kappa shape index (κ2) is 9.76. The van der Waals surface area contributed by atoms with Gasteiger partial charge in [0.2, 0.25) is 11.8 Å². The highest BCUT2D eigenvalue weighted by atomic mass is 19.4. The van der Waals surface area contributed by atoms with Crippen LogP contribution in [0.3, 0.4) is 0 Å². The standard InChI is InChI=1S/C20H28F3N5O2/c1-27(8-6-14-11-25-26-12-14)18(29)10-17-19(30)24-7-9-28(17)13-15-4-2-3-5-16(15)20(21,22)23/h2-5,14,17,25-26H,6-13H2,1H3,(H,24,30). The van der Waals surface area contributed by atoms with Gasteiger partial charge in [0.1, 0.15) is 0 Å². The average Bonchev–Trinajstić information content (AvgIpc) is 3.22. The summed E-state index contributed by atoms with van der Waals surface area (Å²) >= 11 is 0. The lowest BCUT2D eigenvalue weighted by Crippen LogP contribution is -2.56. The Kier molecular flexibility index (Phi) is 7.32. The zero-order chi connectivity index (χ0) is 21.7. The highest BCUT2D eigenvalue weighted by Gasteiger charge is 2.36. The molecule has 0 saturated carbocycles. The Morgan fingerprint density at radius 1 is 1.23 bits per heavy atom. The number of carbonyl (C=O) groups is 2. The Balaban J connectivity index is 1.65. The molecule has 2 aliphatic heterocycles. The van der Waals surface area contributed by atoms with Gasteiger partial charge in [0.05, 0.1) is 18.0 Å². The van der Waals surface area contributed by atoms with Gasteiger partial charge in [-0.3, -0.25) is 25.3 Å². The van der Waals surface area contributed by atoms with Crippen molar-refractivity contribution in [2.45, 2.75) is 31.6 Å². The Hall–Kier alpha value is -2.17. The van der Waals surface area contributed by atoms with Crippen LogP contribution in [-0.2, 0) is 22.3 Å². The Morgan fingerprint density at radius 3 is 2.63 bits per heavy atom. The molecule has 3 N–H and O–H groups in total. The second-order valence-corrected chi connectivity index (χ2v) is 7.87. The molecule has 1 unspecified atom stereocenters. The molecule has 0 radical (unpaired) electrons. The van der Waals surface area contributed by atoms with Crippen LogP contribution in [0.15, 0.2) is 24.3 Å². The van der Waals surface area contributed by atoms with Crippen LogP contribution in [0.25, 0.3) is 0 Å². The van der Waals surface area contributed by atoms with Gasteiger partial charge < -0.3 is 10.2 Å². The fourth-order valence-corrected chi connectivity index (χ4v) is 3.86. The van der Waals surface area contributed by atoms with Gasteiger partial charge in [0.15, 0.2) is 0 Å². The van der Waals surface area contributed by atoms with E-state index in [1.807, 2.05) is 0 Å². The first-order chi connectivity index (χ1) is 14.3. The van der Waals surface area contributed by atoms with Crippen molar-refractivity contribution in [3.05, 3.63) is 35.4 Å². The molecule has 2 aliphatic rings. The van der Waals surface area contributed by atoms with Crippen LogP contribution in [0.5, 0.6) is 0 Å². The van der Waals surface area contributed by atoms with Crippen molar-refractivity contribution in [2.24, 2.45) is 5.92 Å². The van der Waals surface area contributed by atoms with Crippen molar-refractivity contribution in [2.75, 3.05) is 39.8 Å². The lowest BCUT2D eigenvalue weighted by molar-refractivity contribution is -0.140. The molecule has 1 aromatic carbocycles. The van der Waals surface area contributed by atoms with Crippen molar-refractivity contribution in [3.8, 4) is 0 Å². The van der Waals surface area contributed by atoms with E-state index in [-0.39, 0.29) is 30.3 Å². The third kappa shape index (κ3) is 5.71. The van der Waals surface area contributed by atoms with Gasteiger partial charge in [-0.25, -0.2) is 0 Å². The normalized spacial score (nSPS) is 20.9. The monoisotopic (exact) mass is 427 g/mol. The van der Waals surface area contributed by atoms with Crippen LogP contribution in [0.2, 0.25) is 0 Å². The van der Waals surface area contributed by atoms with E-state index in [4.69, 9.17) is 0 Å². The lowest BCUT2D eigenvalue weighted by Gasteiger charge is -2.36. The summed E-state index contributed by atoms with van der Waals surface area (Å²) < 4.78 is 40.0. The maximum atomic E-state index is 13.3. The minimum atomic E-state index is -4.47. The number of carbonyl (C=O) groups excluding carboxylic acids is 2. The van der Waals surface area contributed by atoms with E-state index >= 15 is 0 Å². The van der Waals surface area contributed by atoms with Crippen molar-refractivity contribution in [1.29, 1.82) is 0 Å². The lowest BCUT2D eigenvalue weighted by atomic mass is 10.0. The maximum absolute atomic E-state index is 13.3. The number of hydrogen-bond acceptors (Lipinski definition) is 5. The van der Waals surface area contributed by atoms with Gasteiger partial charge in [-0.05, 0) is 24.0 Å². The first-order valence-corrected chi connectivity index (χ1v) is 10.1. The van der Waals surface area contributed by atoms with Crippen LogP contribution in [0.1, 0.15) is 24.0 Å². The van der Waals surface area contributed by atoms with Crippen LogP contribution in [0, 0.1) is 5.92 Å². The number of benzene rings is 1. The largest absolute Gasteiger partial charge is 0.416 e. The van der Waals surface area contributed by atoms with Crippen LogP contribution in [0.4, 0.5) is 13.2 Å². The molecule has 10 heteroatoms. The van der Waals surface area contributed by atoms with E-state index in [1.54, 1.807) is 22.9 Å². The van der Waals surface area contributed by atoms with Crippen molar-refractivity contribution >= 4 is 11.8 Å². The van der Waals surface area contributed by atoms with Crippen molar-refractivity contribution < 1.29 is 22.8 Å². The molecule has 2 heterocycles. The zero-order valence-corrected chi connectivity index (χ0v) is 17.0. The van der Waals surface area contributed by atoms with Gasteiger partial charge in [0, 0.05) is 46.3 Å². The first-order valence-electron chi connectivity index (χ1n) is 10.1. The summed E-state index contributed by atoms with van der Waals surface area (Å²) in [5.41, 5.74) is 5.49. The number of halogens is 3. The minimum Gasteiger partial charge on any atom is -0.353 e. The summed E-state index contributed by atoms with van der Waals surface area (Å²) in [7, 11) is 1.70. The van der Waals surface area contributed by atoms with E-state index in [0.717, 1.165) is 25.6 Å². The molecule has 166 valence electrons. The fourth-order valence-electron chi connectivity index (χ4n) is 3.86. The molecule has 1 atom stereocenters. The van der Waals surface area contributed by atoms with E-state index in [0.29, 0.717) is 25.6 Å². The predicted molar refractivity (Wildman–Crippen MR) is 105 cm³/mol. The average molecular weight is 427 g/mol. The molecule has 2 amide bonds. The molecular weight excluding hydrogens is 399 g/mol. The van der Waals surface area contributed by atoms with Crippen LogP contribution < -0.4 is 16.2 Å². The molecule has 0 aliphatic carbocycles. The van der Waals surface area contributed by atoms with E-state index in [1.165, 1.54) is 12.1 Å². The number of hydrogen-bond donors (Lipinski definition) is 3. The molecule has 0 aromatic heterocycles. The summed E-state index contributed by atoms with van der Waals surface area (Å²) in [5.74, 6) is -0.0737. The summed E-state index contributed by atoms with van der Waals surface area (Å²) in [5, 5.41) is 2.72.